The summed E-state index contributed by atoms with van der Waals surface area (Å²) < 4.78 is 12.7. The summed E-state index contributed by atoms with van der Waals surface area (Å²) in [6.07, 6.45) is 4.02. The van der Waals surface area contributed by atoms with Crippen molar-refractivity contribution in [3.8, 4) is 0 Å². The molecule has 4 saturated heterocycles. The Balaban J connectivity index is 1.84. The Morgan fingerprint density at radius 1 is 1.05 bits per heavy atom. The lowest BCUT2D eigenvalue weighted by Crippen LogP contribution is -2.68. The fourth-order valence-corrected chi connectivity index (χ4v) is 5.36. The minimum Gasteiger partial charge on any atom is -0.466 e. The van der Waals surface area contributed by atoms with Crippen LogP contribution in [0.3, 0.4) is 0 Å². The van der Waals surface area contributed by atoms with E-state index in [1.54, 1.807) is 0 Å². The van der Waals surface area contributed by atoms with Crippen molar-refractivity contribution in [2.45, 2.75) is 78.0 Å². The summed E-state index contributed by atoms with van der Waals surface area (Å²) in [5, 5.41) is 0. The second-order valence-electron chi connectivity index (χ2n) is 8.18. The van der Waals surface area contributed by atoms with Gasteiger partial charge in [-0.2, -0.15) is 0 Å². The molecule has 4 heterocycles. The highest BCUT2D eigenvalue weighted by atomic mass is 17.3. The van der Waals surface area contributed by atoms with Gasteiger partial charge in [-0.15, -0.1) is 0 Å². The highest BCUT2D eigenvalue weighted by Crippen LogP contribution is 2.61. The van der Waals surface area contributed by atoms with Gasteiger partial charge >= 0.3 is 0 Å². The monoisotopic (exact) mass is 308 g/mol. The van der Waals surface area contributed by atoms with E-state index in [9.17, 15) is 0 Å². The molecule has 7 atom stereocenters. The molecule has 2 bridgehead atoms. The fourth-order valence-electron chi connectivity index (χ4n) is 5.36. The van der Waals surface area contributed by atoms with Crippen LogP contribution in [0.15, 0.2) is 11.3 Å². The molecule has 0 aromatic heterocycles. The Morgan fingerprint density at radius 2 is 1.82 bits per heavy atom. The van der Waals surface area contributed by atoms with E-state index in [-0.39, 0.29) is 6.29 Å². The first-order valence-electron chi connectivity index (χ1n) is 8.76. The number of hydrogen-bond acceptors (Lipinski definition) is 4. The van der Waals surface area contributed by atoms with E-state index in [0.29, 0.717) is 23.7 Å². The van der Waals surface area contributed by atoms with Gasteiger partial charge in [0.1, 0.15) is 5.76 Å². The number of rotatable bonds is 0. The zero-order valence-electron chi connectivity index (χ0n) is 14.3. The summed E-state index contributed by atoms with van der Waals surface area (Å²) in [7, 11) is 0. The first kappa shape index (κ1) is 15.0. The summed E-state index contributed by atoms with van der Waals surface area (Å²) in [5.74, 6) is 2.24. The van der Waals surface area contributed by atoms with Crippen LogP contribution in [0.5, 0.6) is 0 Å². The van der Waals surface area contributed by atoms with E-state index in [1.807, 2.05) is 6.92 Å². The van der Waals surface area contributed by atoms with Gasteiger partial charge in [0.25, 0.3) is 0 Å². The van der Waals surface area contributed by atoms with Crippen molar-refractivity contribution >= 4 is 0 Å². The van der Waals surface area contributed by atoms with Crippen molar-refractivity contribution in [3.05, 3.63) is 11.3 Å². The Bertz CT molecular complexity index is 511. The van der Waals surface area contributed by atoms with Gasteiger partial charge in [-0.05, 0) is 51.5 Å². The molecule has 1 spiro atoms. The zero-order chi connectivity index (χ0) is 15.7. The first-order chi connectivity index (χ1) is 10.4. The normalized spacial score (nSPS) is 53.5. The molecule has 0 aromatic carbocycles. The minimum absolute atomic E-state index is 0.340. The van der Waals surface area contributed by atoms with Gasteiger partial charge in [0, 0.05) is 24.2 Å². The third kappa shape index (κ3) is 1.80. The third-order valence-electron chi connectivity index (χ3n) is 6.52. The molecule has 5 rings (SSSR count). The van der Waals surface area contributed by atoms with Crippen LogP contribution in [-0.2, 0) is 19.2 Å². The quantitative estimate of drug-likeness (QED) is 0.630. The number of fused-ring (bicyclic) bond motifs is 2. The topological polar surface area (TPSA) is 36.9 Å². The van der Waals surface area contributed by atoms with Crippen LogP contribution in [0.1, 0.15) is 60.3 Å². The summed E-state index contributed by atoms with van der Waals surface area (Å²) in [6, 6.07) is 0. The van der Waals surface area contributed by atoms with Gasteiger partial charge in [-0.3, -0.25) is 0 Å². The van der Waals surface area contributed by atoms with E-state index in [2.05, 4.69) is 27.7 Å². The molecule has 0 aromatic rings. The van der Waals surface area contributed by atoms with Crippen LogP contribution in [-0.4, -0.2) is 17.7 Å². The zero-order valence-corrected chi connectivity index (χ0v) is 14.3. The second-order valence-corrected chi connectivity index (χ2v) is 8.18. The molecule has 4 aliphatic heterocycles. The lowest BCUT2D eigenvalue weighted by atomic mass is 9.58. The number of hydrogen-bond donors (Lipinski definition) is 0. The lowest BCUT2D eigenvalue weighted by Gasteiger charge is -2.59. The Labute approximate surface area is 133 Å². The molecule has 0 N–H and O–H groups in total. The van der Waals surface area contributed by atoms with E-state index in [4.69, 9.17) is 19.2 Å². The van der Waals surface area contributed by atoms with Gasteiger partial charge in [0.2, 0.25) is 12.1 Å². The van der Waals surface area contributed by atoms with Crippen LogP contribution < -0.4 is 0 Å². The van der Waals surface area contributed by atoms with Gasteiger partial charge in [-0.25, -0.2) is 9.78 Å². The predicted octanol–water partition coefficient (Wildman–Crippen LogP) is 4.16. The predicted molar refractivity (Wildman–Crippen MR) is 81.4 cm³/mol. The minimum atomic E-state index is -0.676. The average Bonchev–Trinajstić information content (AvgIpc) is 2.69. The molecular weight excluding hydrogens is 280 g/mol. The third-order valence-corrected chi connectivity index (χ3v) is 6.52. The Morgan fingerprint density at radius 3 is 2.55 bits per heavy atom. The first-order valence-corrected chi connectivity index (χ1v) is 8.76. The summed E-state index contributed by atoms with van der Waals surface area (Å²) in [4.78, 5) is 11.9. The molecule has 5 aliphatic rings. The van der Waals surface area contributed by atoms with Crippen molar-refractivity contribution in [3.63, 3.8) is 0 Å². The van der Waals surface area contributed by atoms with Crippen molar-refractivity contribution in [2.24, 2.45) is 23.7 Å². The molecule has 0 unspecified atom stereocenters. The van der Waals surface area contributed by atoms with E-state index >= 15 is 0 Å². The molecule has 0 radical (unpaired) electrons. The van der Waals surface area contributed by atoms with E-state index in [0.717, 1.165) is 25.0 Å². The molecule has 1 aliphatic carbocycles. The largest absolute Gasteiger partial charge is 0.466 e. The maximum absolute atomic E-state index is 6.37. The lowest BCUT2D eigenvalue weighted by molar-refractivity contribution is -0.562. The number of ether oxygens (including phenoxy) is 2. The van der Waals surface area contributed by atoms with Crippen LogP contribution >= 0.6 is 0 Å². The molecule has 5 fully saturated rings. The summed E-state index contributed by atoms with van der Waals surface area (Å²) >= 11 is 0. The van der Waals surface area contributed by atoms with Gasteiger partial charge < -0.3 is 9.47 Å². The van der Waals surface area contributed by atoms with Crippen molar-refractivity contribution in [1.82, 2.24) is 0 Å². The highest BCUT2D eigenvalue weighted by molar-refractivity contribution is 5.18. The molecule has 124 valence electrons. The van der Waals surface area contributed by atoms with Crippen LogP contribution in [0, 0.1) is 23.7 Å². The molecule has 1 saturated carbocycles. The van der Waals surface area contributed by atoms with Crippen molar-refractivity contribution in [1.29, 1.82) is 0 Å². The van der Waals surface area contributed by atoms with Crippen LogP contribution in [0.25, 0.3) is 0 Å². The standard InChI is InChI=1S/C18H28O4/c1-10(2)15-12(4)14-7-6-11(3)13-8-9-17(5)20-16(19-15)18(13,14)22-21-17/h11-14,16H,6-9H2,1-5H3/t11-,12-,13+,14+,16-,17+,18-/m1/s1. The van der Waals surface area contributed by atoms with Crippen molar-refractivity contribution in [2.75, 3.05) is 0 Å². The molecule has 4 nitrogen and oxygen atoms in total. The highest BCUT2D eigenvalue weighted by Gasteiger charge is 2.69. The fraction of sp³-hybridized carbons (Fsp3) is 0.889. The van der Waals surface area contributed by atoms with E-state index < -0.39 is 11.4 Å². The smallest absolute Gasteiger partial charge is 0.235 e. The number of allylic oxidation sites excluding steroid dienone is 2. The maximum Gasteiger partial charge on any atom is 0.235 e. The van der Waals surface area contributed by atoms with Crippen molar-refractivity contribution < 1.29 is 19.2 Å². The molecule has 4 heteroatoms. The van der Waals surface area contributed by atoms with E-state index in [1.165, 1.54) is 12.0 Å². The summed E-state index contributed by atoms with van der Waals surface area (Å²) in [5.41, 5.74) is 0.804. The average molecular weight is 308 g/mol. The maximum atomic E-state index is 6.37. The SMILES string of the molecule is CC(C)=C1O[C@@H]2O[C@]3(C)CC[C@H]4[C@H](C)CC[C@@H]([C@H]1C)[C@@]24OO3. The van der Waals surface area contributed by atoms with Crippen LogP contribution in [0.4, 0.5) is 0 Å². The van der Waals surface area contributed by atoms with Gasteiger partial charge in [0.15, 0.2) is 5.60 Å². The summed E-state index contributed by atoms with van der Waals surface area (Å²) in [6.45, 7) is 10.8. The second kappa shape index (κ2) is 4.71. The molecular formula is C18H28O4. The molecule has 22 heavy (non-hydrogen) atoms. The van der Waals surface area contributed by atoms with Gasteiger partial charge in [0.05, 0.1) is 0 Å². The van der Waals surface area contributed by atoms with Gasteiger partial charge in [-0.1, -0.05) is 13.8 Å². The Kier molecular flexibility index (Phi) is 3.21. The Hall–Kier alpha value is -0.580. The van der Waals surface area contributed by atoms with Crippen LogP contribution in [0.2, 0.25) is 0 Å². The molecule has 0 amide bonds.